The number of carbonyl (C=O) groups is 1. The maximum atomic E-state index is 10.8. The van der Waals surface area contributed by atoms with Gasteiger partial charge in [0, 0.05) is 0 Å². The number of rotatable bonds is 3. The smallest absolute Gasteiger partial charge is 0.359 e. The minimum atomic E-state index is -1.24. The van der Waals surface area contributed by atoms with Crippen LogP contribution in [0.1, 0.15) is 10.5 Å². The number of halogens is 1. The number of carboxylic acid groups (broad SMARTS) is 1. The number of aromatic carboxylic acids is 1. The maximum absolute atomic E-state index is 10.8. The van der Waals surface area contributed by atoms with E-state index in [0.717, 1.165) is 0 Å². The van der Waals surface area contributed by atoms with Crippen molar-refractivity contribution < 1.29 is 19.2 Å². The lowest BCUT2D eigenvalue weighted by atomic mass is 10.1. The molecule has 0 atom stereocenters. The van der Waals surface area contributed by atoms with Gasteiger partial charge in [0.1, 0.15) is 10.8 Å². The van der Waals surface area contributed by atoms with Gasteiger partial charge in [-0.15, -0.1) is 0 Å². The van der Waals surface area contributed by atoms with Crippen LogP contribution in [-0.2, 0) is 0 Å². The standard InChI is InChI=1S/C11H8ClNO4/c1-16-7-5-3-2-4-6(7)10-8(12)9(11(14)15)13-17-10/h2-5H,1H3,(H,14,15). The fraction of sp³-hybridized carbons (Fsp3) is 0.0909. The second-order valence-electron chi connectivity index (χ2n) is 3.18. The maximum Gasteiger partial charge on any atom is 0.359 e. The predicted molar refractivity (Wildman–Crippen MR) is 60.5 cm³/mol. The first kappa shape index (κ1) is 11.5. The van der Waals surface area contributed by atoms with E-state index in [2.05, 4.69) is 5.16 Å². The largest absolute Gasteiger partial charge is 0.496 e. The lowest BCUT2D eigenvalue weighted by molar-refractivity contribution is 0.0686. The molecule has 5 nitrogen and oxygen atoms in total. The summed E-state index contributed by atoms with van der Waals surface area (Å²) in [6, 6.07) is 6.97. The zero-order valence-electron chi connectivity index (χ0n) is 8.81. The molecule has 0 aliphatic rings. The van der Waals surface area contributed by atoms with Crippen LogP contribution in [0.25, 0.3) is 11.3 Å². The summed E-state index contributed by atoms with van der Waals surface area (Å²) in [5, 5.41) is 12.2. The van der Waals surface area contributed by atoms with Gasteiger partial charge < -0.3 is 14.4 Å². The molecule has 0 spiro atoms. The number of hydrogen-bond donors (Lipinski definition) is 1. The topological polar surface area (TPSA) is 72.6 Å². The number of benzene rings is 1. The van der Waals surface area contributed by atoms with Crippen molar-refractivity contribution in [1.82, 2.24) is 5.16 Å². The summed E-state index contributed by atoms with van der Waals surface area (Å²) in [4.78, 5) is 10.8. The molecule has 0 fully saturated rings. The van der Waals surface area contributed by atoms with Crippen molar-refractivity contribution in [2.45, 2.75) is 0 Å². The monoisotopic (exact) mass is 253 g/mol. The number of carboxylic acids is 1. The molecule has 0 saturated heterocycles. The highest BCUT2D eigenvalue weighted by Crippen LogP contribution is 2.36. The number of nitrogens with zero attached hydrogens (tertiary/aromatic N) is 1. The highest BCUT2D eigenvalue weighted by Gasteiger charge is 2.22. The summed E-state index contributed by atoms with van der Waals surface area (Å²) in [6.07, 6.45) is 0. The van der Waals surface area contributed by atoms with Gasteiger partial charge in [-0.2, -0.15) is 0 Å². The van der Waals surface area contributed by atoms with E-state index in [0.29, 0.717) is 11.3 Å². The molecule has 1 aromatic carbocycles. The van der Waals surface area contributed by atoms with Crippen LogP contribution in [-0.4, -0.2) is 23.3 Å². The summed E-state index contributed by atoms with van der Waals surface area (Å²) >= 11 is 5.89. The number of hydrogen-bond acceptors (Lipinski definition) is 4. The number of ether oxygens (including phenoxy) is 1. The molecule has 6 heteroatoms. The quantitative estimate of drug-likeness (QED) is 0.910. The van der Waals surface area contributed by atoms with Crippen LogP contribution < -0.4 is 4.74 Å². The van der Waals surface area contributed by atoms with Crippen LogP contribution in [0.3, 0.4) is 0 Å². The Morgan fingerprint density at radius 2 is 2.18 bits per heavy atom. The number of para-hydroxylation sites is 1. The summed E-state index contributed by atoms with van der Waals surface area (Å²) in [7, 11) is 1.50. The Morgan fingerprint density at radius 1 is 1.47 bits per heavy atom. The summed E-state index contributed by atoms with van der Waals surface area (Å²) in [5.74, 6) is -0.524. The first-order valence-corrected chi connectivity index (χ1v) is 5.04. The van der Waals surface area contributed by atoms with Gasteiger partial charge in [0.15, 0.2) is 5.76 Å². The average Bonchev–Trinajstić information content (AvgIpc) is 2.71. The third-order valence-electron chi connectivity index (χ3n) is 2.19. The molecule has 1 heterocycles. The SMILES string of the molecule is COc1ccccc1-c1onc(C(=O)O)c1Cl. The van der Waals surface area contributed by atoms with Crippen LogP contribution >= 0.6 is 11.6 Å². The molecular weight excluding hydrogens is 246 g/mol. The third-order valence-corrected chi connectivity index (χ3v) is 2.54. The van der Waals surface area contributed by atoms with Crippen molar-refractivity contribution in [3.05, 3.63) is 35.0 Å². The zero-order chi connectivity index (χ0) is 12.4. The van der Waals surface area contributed by atoms with E-state index in [-0.39, 0.29) is 16.5 Å². The summed E-state index contributed by atoms with van der Waals surface area (Å²) in [5.41, 5.74) is 0.243. The highest BCUT2D eigenvalue weighted by molar-refractivity contribution is 6.35. The third kappa shape index (κ3) is 1.97. The number of aromatic nitrogens is 1. The minimum Gasteiger partial charge on any atom is -0.496 e. The van der Waals surface area contributed by atoms with Crippen LogP contribution in [0.4, 0.5) is 0 Å². The molecule has 0 bridgehead atoms. The lowest BCUT2D eigenvalue weighted by Gasteiger charge is -2.04. The van der Waals surface area contributed by atoms with E-state index in [4.69, 9.17) is 26.0 Å². The highest BCUT2D eigenvalue weighted by atomic mass is 35.5. The van der Waals surface area contributed by atoms with Gasteiger partial charge in [0.25, 0.3) is 0 Å². The molecular formula is C11H8ClNO4. The van der Waals surface area contributed by atoms with Crippen molar-refractivity contribution >= 4 is 17.6 Å². The number of methoxy groups -OCH3 is 1. The molecule has 2 rings (SSSR count). The molecule has 1 aromatic heterocycles. The average molecular weight is 254 g/mol. The van der Waals surface area contributed by atoms with Gasteiger partial charge in [-0.05, 0) is 12.1 Å². The van der Waals surface area contributed by atoms with Gasteiger partial charge in [-0.25, -0.2) is 4.79 Å². The van der Waals surface area contributed by atoms with Crippen LogP contribution in [0.5, 0.6) is 5.75 Å². The van der Waals surface area contributed by atoms with Gasteiger partial charge in [0.05, 0.1) is 12.7 Å². The minimum absolute atomic E-state index is 0.0398. The van der Waals surface area contributed by atoms with Crippen LogP contribution in [0, 0.1) is 0 Å². The Morgan fingerprint density at radius 3 is 2.76 bits per heavy atom. The first-order chi connectivity index (χ1) is 8.15. The Bertz CT molecular complexity index is 564. The Labute approximate surface area is 102 Å². The second kappa shape index (κ2) is 4.47. The van der Waals surface area contributed by atoms with Gasteiger partial charge in [0.2, 0.25) is 5.69 Å². The van der Waals surface area contributed by atoms with E-state index in [9.17, 15) is 4.79 Å². The summed E-state index contributed by atoms with van der Waals surface area (Å²) in [6.45, 7) is 0. The molecule has 1 N–H and O–H groups in total. The molecule has 2 aromatic rings. The van der Waals surface area contributed by atoms with Gasteiger partial charge in [-0.1, -0.05) is 28.9 Å². The van der Waals surface area contributed by atoms with Crippen molar-refractivity contribution in [2.75, 3.05) is 7.11 Å². The van der Waals surface area contributed by atoms with E-state index in [1.165, 1.54) is 7.11 Å². The predicted octanol–water partition coefficient (Wildman–Crippen LogP) is 2.70. The van der Waals surface area contributed by atoms with E-state index >= 15 is 0 Å². The van der Waals surface area contributed by atoms with Crippen LogP contribution in [0.2, 0.25) is 5.02 Å². The van der Waals surface area contributed by atoms with E-state index in [1.54, 1.807) is 24.3 Å². The van der Waals surface area contributed by atoms with E-state index < -0.39 is 5.97 Å². The first-order valence-electron chi connectivity index (χ1n) is 4.67. The van der Waals surface area contributed by atoms with Crippen molar-refractivity contribution in [3.8, 4) is 17.1 Å². The molecule has 0 aliphatic heterocycles. The molecule has 17 heavy (non-hydrogen) atoms. The van der Waals surface area contributed by atoms with Crippen molar-refractivity contribution in [3.63, 3.8) is 0 Å². The molecule has 0 unspecified atom stereocenters. The van der Waals surface area contributed by atoms with Crippen molar-refractivity contribution in [2.24, 2.45) is 0 Å². The fourth-order valence-corrected chi connectivity index (χ4v) is 1.66. The normalized spacial score (nSPS) is 10.2. The molecule has 0 amide bonds. The second-order valence-corrected chi connectivity index (χ2v) is 3.56. The molecule has 0 saturated carbocycles. The van der Waals surface area contributed by atoms with Crippen molar-refractivity contribution in [1.29, 1.82) is 0 Å². The van der Waals surface area contributed by atoms with Crippen LogP contribution in [0.15, 0.2) is 28.8 Å². The zero-order valence-corrected chi connectivity index (χ0v) is 9.56. The molecule has 88 valence electrons. The molecule has 0 aliphatic carbocycles. The lowest BCUT2D eigenvalue weighted by Crippen LogP contribution is -1.96. The van der Waals surface area contributed by atoms with E-state index in [1.807, 2.05) is 0 Å². The Hall–Kier alpha value is -2.01. The fourth-order valence-electron chi connectivity index (χ4n) is 1.41. The van der Waals surface area contributed by atoms with Gasteiger partial charge >= 0.3 is 5.97 Å². The van der Waals surface area contributed by atoms with Gasteiger partial charge in [-0.3, -0.25) is 0 Å². The molecule has 0 radical (unpaired) electrons. The Balaban J connectivity index is 2.57. The summed E-state index contributed by atoms with van der Waals surface area (Å²) < 4.78 is 10.1. The Kier molecular flexibility index (Phi) is 3.01.